The van der Waals surface area contributed by atoms with Gasteiger partial charge in [-0.1, -0.05) is 0 Å². The van der Waals surface area contributed by atoms with Gasteiger partial charge >= 0.3 is 251 Å². The first-order valence-corrected chi connectivity index (χ1v) is 31.1. The molecule has 0 heterocycles. The Morgan fingerprint density at radius 2 is 1.45 bits per heavy atom. The van der Waals surface area contributed by atoms with Gasteiger partial charge in [0, 0.05) is 0 Å². The van der Waals surface area contributed by atoms with Crippen molar-refractivity contribution < 1.29 is 15.6 Å². The van der Waals surface area contributed by atoms with E-state index in [0.29, 0.717) is 0 Å². The van der Waals surface area contributed by atoms with E-state index >= 15 is 0 Å². The predicted octanol–water partition coefficient (Wildman–Crippen LogP) is 10.6. The zero-order valence-corrected chi connectivity index (χ0v) is 29.0. The van der Waals surface area contributed by atoms with Crippen LogP contribution in [0.15, 0.2) is 96.6 Å². The summed E-state index contributed by atoms with van der Waals surface area (Å²) in [5.41, 5.74) is 12.3. The molecule has 0 bridgehead atoms. The Bertz CT molecular complexity index is 1590. The number of fused-ring (bicyclic) bond motifs is 4. The molecule has 0 nitrogen and oxygen atoms in total. The molecule has 0 aromatic heterocycles. The molecular formula is C36H39Cl2SiZr. The second-order valence-corrected chi connectivity index (χ2v) is 53.5. The fourth-order valence-electron chi connectivity index (χ4n) is 7.34. The molecule has 1 atom stereocenters. The van der Waals surface area contributed by atoms with E-state index in [9.17, 15) is 0 Å². The standard InChI is InChI=1S/C21H23.C13H9.C2H7Si.2ClH.Zr/c1-2-3-4-6-10-17-15-19-13-9-14-20(21(19)16-17)18-11-7-5-8-12-18;1-3-7-12-10(5-1)9-11-6-2-4-8-13(11)12;1-3-2;;;/h5,7-9,11-16H,2-4,6,10H2,1H3;1-5,7-8H,9H2;3H,1-2H3;2*1H;/q;;;;;+2/p-2. The van der Waals surface area contributed by atoms with E-state index in [1.165, 1.54) is 79.0 Å². The molecule has 0 aliphatic heterocycles. The first kappa shape index (κ1) is 28.4. The molecule has 0 spiro atoms. The monoisotopic (exact) mass is 659 g/mol. The van der Waals surface area contributed by atoms with Gasteiger partial charge in [0.2, 0.25) is 0 Å². The van der Waals surface area contributed by atoms with Crippen LogP contribution in [0, 0.1) is 0 Å². The number of hydrogen-bond donors (Lipinski definition) is 0. The summed E-state index contributed by atoms with van der Waals surface area (Å²) in [7, 11) is 16.9. The molecule has 0 amide bonds. The van der Waals surface area contributed by atoms with Gasteiger partial charge in [-0.25, -0.2) is 0 Å². The maximum atomic E-state index is 8.44. The first-order valence-electron chi connectivity index (χ1n) is 15.0. The van der Waals surface area contributed by atoms with Crippen LogP contribution in [0.3, 0.4) is 0 Å². The van der Waals surface area contributed by atoms with Crippen molar-refractivity contribution in [3.05, 3.63) is 119 Å². The summed E-state index contributed by atoms with van der Waals surface area (Å²) < 4.78 is 1.47. The van der Waals surface area contributed by atoms with Crippen molar-refractivity contribution in [3.8, 4) is 22.3 Å². The summed E-state index contributed by atoms with van der Waals surface area (Å²) in [4.78, 5) is 0. The third-order valence-electron chi connectivity index (χ3n) is 9.51. The number of rotatable bonds is 9. The van der Waals surface area contributed by atoms with E-state index in [4.69, 9.17) is 17.0 Å². The molecule has 1 unspecified atom stereocenters. The van der Waals surface area contributed by atoms with Gasteiger partial charge in [0.15, 0.2) is 0 Å². The van der Waals surface area contributed by atoms with Crippen LogP contribution < -0.4 is 3.27 Å². The van der Waals surface area contributed by atoms with Gasteiger partial charge in [-0.3, -0.25) is 0 Å². The zero-order valence-electron chi connectivity index (χ0n) is 23.9. The topological polar surface area (TPSA) is 0 Å². The molecule has 0 fully saturated rings. The molecule has 0 N–H and O–H groups in total. The third-order valence-corrected chi connectivity index (χ3v) is 59.5. The summed E-state index contributed by atoms with van der Waals surface area (Å²) in [6.45, 7) is 7.15. The summed E-state index contributed by atoms with van der Waals surface area (Å²) in [6.07, 6.45) is 9.49. The molecule has 40 heavy (non-hydrogen) atoms. The number of benzene rings is 4. The Kier molecular flexibility index (Phi) is 7.94. The first-order chi connectivity index (χ1) is 19.3. The van der Waals surface area contributed by atoms with Crippen molar-refractivity contribution in [1.29, 1.82) is 0 Å². The van der Waals surface area contributed by atoms with Gasteiger partial charge in [-0.15, -0.1) is 0 Å². The summed E-state index contributed by atoms with van der Waals surface area (Å²) in [6, 6.07) is 33.4. The second kappa shape index (κ2) is 11.2. The van der Waals surface area contributed by atoms with E-state index in [-0.39, 0.29) is 3.63 Å². The van der Waals surface area contributed by atoms with Gasteiger partial charge in [-0.05, 0) is 0 Å². The fraction of sp³-hybridized carbons (Fsp3) is 0.278. The van der Waals surface area contributed by atoms with Crippen molar-refractivity contribution in [1.82, 2.24) is 0 Å². The Morgan fingerprint density at radius 1 is 0.750 bits per heavy atom. The number of halogens is 2. The van der Waals surface area contributed by atoms with Crippen molar-refractivity contribution in [2.75, 3.05) is 0 Å². The third kappa shape index (κ3) is 4.59. The van der Waals surface area contributed by atoms with Gasteiger partial charge in [0.1, 0.15) is 0 Å². The average Bonchev–Trinajstić information content (AvgIpc) is 3.54. The van der Waals surface area contributed by atoms with E-state index in [2.05, 4.69) is 117 Å². The molecular weight excluding hydrogens is 623 g/mol. The molecule has 4 aromatic carbocycles. The Balaban J connectivity index is 1.56. The van der Waals surface area contributed by atoms with E-state index < -0.39 is 21.5 Å². The zero-order chi connectivity index (χ0) is 27.9. The van der Waals surface area contributed by atoms with Crippen LogP contribution in [0.1, 0.15) is 64.9 Å². The normalized spacial score (nSPS) is 16.7. The van der Waals surface area contributed by atoms with Crippen molar-refractivity contribution in [2.24, 2.45) is 0 Å². The van der Waals surface area contributed by atoms with Crippen LogP contribution in [0.5, 0.6) is 0 Å². The number of allylic oxidation sites excluding steroid dienone is 1. The van der Waals surface area contributed by atoms with Crippen LogP contribution in [-0.4, -0.2) is 5.92 Å². The molecule has 0 radical (unpaired) electrons. The Hall–Kier alpha value is -1.70. The van der Waals surface area contributed by atoms with Crippen LogP contribution in [0.2, 0.25) is 13.1 Å². The molecule has 2 aliphatic carbocycles. The molecule has 205 valence electrons. The number of hydrogen-bond acceptors (Lipinski definition) is 0. The van der Waals surface area contributed by atoms with Crippen molar-refractivity contribution in [2.45, 2.75) is 62.2 Å². The quantitative estimate of drug-likeness (QED) is 0.109. The molecule has 4 heteroatoms. The Morgan fingerprint density at radius 3 is 2.23 bits per heavy atom. The average molecular weight is 662 g/mol. The van der Waals surface area contributed by atoms with E-state index in [1.54, 1.807) is 0 Å². The SMILES string of the molecule is CCCCCCC1=Cc2c(-c3ccccc3)cccc2[CH]1[Zr]([Cl])([Cl])([c]1cccc2c1Cc1ccccc1-2)[SiH](C)C. The van der Waals surface area contributed by atoms with E-state index in [0.717, 1.165) is 12.8 Å². The van der Waals surface area contributed by atoms with Crippen LogP contribution in [-0.2, 0) is 22.0 Å². The van der Waals surface area contributed by atoms with E-state index in [1.807, 2.05) is 0 Å². The van der Waals surface area contributed by atoms with Crippen LogP contribution in [0.25, 0.3) is 28.3 Å². The fourth-order valence-corrected chi connectivity index (χ4v) is 35.2. The second-order valence-electron chi connectivity index (χ2n) is 12.1. The minimum absolute atomic E-state index is 0.131. The molecule has 0 saturated carbocycles. The Labute approximate surface area is 249 Å². The maximum absolute atomic E-state index is 8.44. The number of unbranched alkanes of at least 4 members (excludes halogenated alkanes) is 3. The van der Waals surface area contributed by atoms with Crippen molar-refractivity contribution in [3.63, 3.8) is 0 Å². The van der Waals surface area contributed by atoms with Crippen LogP contribution in [0.4, 0.5) is 0 Å². The molecule has 4 aromatic rings. The molecule has 0 saturated heterocycles. The summed E-state index contributed by atoms with van der Waals surface area (Å²) in [5, 5.41) is 0. The van der Waals surface area contributed by atoms with Gasteiger partial charge < -0.3 is 0 Å². The molecule has 6 rings (SSSR count). The van der Waals surface area contributed by atoms with Crippen molar-refractivity contribution >= 4 is 32.3 Å². The van der Waals surface area contributed by atoms with Gasteiger partial charge in [0.05, 0.1) is 0 Å². The summed E-state index contributed by atoms with van der Waals surface area (Å²) >= 11 is -4.72. The molecule has 2 aliphatic rings. The predicted molar refractivity (Wildman–Crippen MR) is 176 cm³/mol. The van der Waals surface area contributed by atoms with Gasteiger partial charge in [0.25, 0.3) is 0 Å². The summed E-state index contributed by atoms with van der Waals surface area (Å²) in [5.74, 6) is -1.56. The minimum atomic E-state index is -4.72. The van der Waals surface area contributed by atoms with Crippen LogP contribution >= 0.6 is 17.0 Å². The van der Waals surface area contributed by atoms with Gasteiger partial charge in [-0.2, -0.15) is 0 Å².